The van der Waals surface area contributed by atoms with E-state index >= 15 is 0 Å². The van der Waals surface area contributed by atoms with Crippen LogP contribution in [0.5, 0.6) is 0 Å². The van der Waals surface area contributed by atoms with E-state index in [0.717, 1.165) is 27.7 Å². The average molecular weight is 462 g/mol. The number of halogens is 5. The highest BCUT2D eigenvalue weighted by atomic mass is 35.5. The van der Waals surface area contributed by atoms with Crippen LogP contribution in [0.25, 0.3) is 0 Å². The van der Waals surface area contributed by atoms with Gasteiger partial charge in [-0.05, 0) is 6.92 Å². The second-order valence-corrected chi connectivity index (χ2v) is 8.98. The molecule has 0 spiro atoms. The Morgan fingerprint density at radius 3 is 1.20 bits per heavy atom. The maximum atomic E-state index is 12.0. The van der Waals surface area contributed by atoms with Crippen LogP contribution in [-0.2, 0) is 33.4 Å². The van der Waals surface area contributed by atoms with Gasteiger partial charge in [-0.2, -0.15) is 0 Å². The monoisotopic (exact) mass is 460 g/mol. The summed E-state index contributed by atoms with van der Waals surface area (Å²) in [7, 11) is 0. The predicted octanol–water partition coefficient (Wildman–Crippen LogP) is 2.76. The third kappa shape index (κ3) is 7.22. The van der Waals surface area contributed by atoms with Gasteiger partial charge in [0, 0.05) is 20.8 Å². The van der Waals surface area contributed by atoms with Gasteiger partial charge in [0.15, 0.2) is 0 Å². The molecule has 0 aliphatic rings. The third-order valence-corrected chi connectivity index (χ3v) is 3.33. The van der Waals surface area contributed by atoms with Gasteiger partial charge >= 0.3 is 23.9 Å². The van der Waals surface area contributed by atoms with Crippen LogP contribution in [0.3, 0.4) is 0 Å². The van der Waals surface area contributed by atoms with Crippen LogP contribution in [0.1, 0.15) is 27.7 Å². The smallest absolute Gasteiger partial charge is 0.368 e. The molecule has 0 fully saturated rings. The zero-order valence-corrected chi connectivity index (χ0v) is 17.0. The summed E-state index contributed by atoms with van der Waals surface area (Å²) in [5.74, 6) is -5.97. The van der Waals surface area contributed by atoms with Crippen LogP contribution < -0.4 is 0 Å². The molecule has 0 saturated heterocycles. The van der Waals surface area contributed by atoms with Crippen molar-refractivity contribution in [2.75, 3.05) is 0 Å². The summed E-state index contributed by atoms with van der Waals surface area (Å²) < 4.78 is 11.6. The van der Waals surface area contributed by atoms with Crippen molar-refractivity contribution in [3.05, 3.63) is 0 Å². The van der Waals surface area contributed by atoms with E-state index in [2.05, 4.69) is 14.2 Å². The Kier molecular flexibility index (Phi) is 7.71. The van der Waals surface area contributed by atoms with Gasteiger partial charge in [-0.25, -0.2) is 19.2 Å². The molecule has 0 aliphatic carbocycles. The van der Waals surface area contributed by atoms with Crippen LogP contribution in [0.4, 0.5) is 0 Å². The van der Waals surface area contributed by atoms with Crippen molar-refractivity contribution in [2.45, 2.75) is 47.2 Å². The molecular weight excluding hydrogens is 449 g/mol. The summed E-state index contributed by atoms with van der Waals surface area (Å²) in [6, 6.07) is 0. The number of ether oxygens (including phenoxy) is 3. The Morgan fingerprint density at radius 2 is 0.920 bits per heavy atom. The van der Waals surface area contributed by atoms with E-state index in [1.807, 2.05) is 0 Å². The lowest BCUT2D eigenvalue weighted by molar-refractivity contribution is -0.189. The number of carboxylic acid groups (broad SMARTS) is 1. The van der Waals surface area contributed by atoms with Crippen molar-refractivity contribution in [1.82, 2.24) is 0 Å². The minimum atomic E-state index is -2.53. The van der Waals surface area contributed by atoms with Crippen LogP contribution in [0.2, 0.25) is 0 Å². The molecule has 0 aromatic carbocycles. The molecule has 25 heavy (non-hydrogen) atoms. The molecule has 0 bridgehead atoms. The first-order chi connectivity index (χ1) is 10.8. The second-order valence-electron chi connectivity index (χ2n) is 5.11. The van der Waals surface area contributed by atoms with Gasteiger partial charge in [0.1, 0.15) is 0 Å². The van der Waals surface area contributed by atoms with E-state index in [0.29, 0.717) is 0 Å². The molecule has 0 heterocycles. The lowest BCUT2D eigenvalue weighted by Gasteiger charge is -2.29. The van der Waals surface area contributed by atoms with E-state index in [4.69, 9.17) is 63.1 Å². The summed E-state index contributed by atoms with van der Waals surface area (Å²) in [4.78, 5) is 46.2. The molecule has 0 saturated carbocycles. The minimum Gasteiger partial charge on any atom is -0.477 e. The Hall–Kier alpha value is -0.670. The van der Waals surface area contributed by atoms with Gasteiger partial charge in [-0.3, -0.25) is 0 Å². The van der Waals surface area contributed by atoms with Crippen molar-refractivity contribution in [2.24, 2.45) is 0 Å². The number of esters is 3. The molecule has 0 aliphatic heterocycles. The average Bonchev–Trinajstić information content (AvgIpc) is 2.35. The summed E-state index contributed by atoms with van der Waals surface area (Å²) in [5, 5.41) is 1.34. The van der Waals surface area contributed by atoms with E-state index in [1.54, 1.807) is 0 Å². The molecule has 0 aromatic rings. The molecular formula is C12H13Cl5O8. The first-order valence-electron chi connectivity index (χ1n) is 6.21. The van der Waals surface area contributed by atoms with Gasteiger partial charge in [-0.15, -0.1) is 0 Å². The summed E-state index contributed by atoms with van der Waals surface area (Å²) in [5.41, 5.74) is 0. The molecule has 0 amide bonds. The van der Waals surface area contributed by atoms with Crippen molar-refractivity contribution < 1.29 is 38.5 Å². The number of rotatable bonds is 7. The normalized spacial score (nSPS) is 18.8. The number of hydrogen-bond donors (Lipinski definition) is 1. The SMILES string of the molecule is CC(Cl)(Cl)C(=O)OC(C)(Cl)C(=O)OC(C)(Cl)C(=O)OC(C)(Cl)C(=O)O. The number of carbonyl (C=O) groups is 4. The van der Waals surface area contributed by atoms with Crippen molar-refractivity contribution >= 4 is 81.9 Å². The van der Waals surface area contributed by atoms with Crippen LogP contribution in [0, 0.1) is 0 Å². The first kappa shape index (κ1) is 24.3. The maximum Gasteiger partial charge on any atom is 0.368 e. The van der Waals surface area contributed by atoms with Gasteiger partial charge < -0.3 is 19.3 Å². The minimum absolute atomic E-state index is 0.846. The van der Waals surface area contributed by atoms with Gasteiger partial charge in [0.2, 0.25) is 4.33 Å². The van der Waals surface area contributed by atoms with Gasteiger partial charge in [0.25, 0.3) is 15.2 Å². The van der Waals surface area contributed by atoms with Gasteiger partial charge in [-0.1, -0.05) is 58.0 Å². The quantitative estimate of drug-likeness (QED) is 0.349. The fourth-order valence-electron chi connectivity index (χ4n) is 0.921. The molecule has 8 nitrogen and oxygen atoms in total. The van der Waals surface area contributed by atoms with Crippen molar-refractivity contribution in [3.63, 3.8) is 0 Å². The van der Waals surface area contributed by atoms with Crippen LogP contribution in [-0.4, -0.2) is 48.5 Å². The van der Waals surface area contributed by atoms with Crippen LogP contribution >= 0.6 is 58.0 Å². The highest BCUT2D eigenvalue weighted by Gasteiger charge is 2.49. The molecule has 0 aromatic heterocycles. The summed E-state index contributed by atoms with van der Waals surface area (Å²) in [6.45, 7) is 3.66. The van der Waals surface area contributed by atoms with E-state index in [1.165, 1.54) is 0 Å². The lowest BCUT2D eigenvalue weighted by Crippen LogP contribution is -2.48. The summed E-state index contributed by atoms with van der Waals surface area (Å²) in [6.07, 6.45) is 0. The Balaban J connectivity index is 5.15. The summed E-state index contributed by atoms with van der Waals surface area (Å²) >= 11 is 27.9. The highest BCUT2D eigenvalue weighted by molar-refractivity contribution is 6.57. The van der Waals surface area contributed by atoms with E-state index in [9.17, 15) is 19.2 Å². The number of hydrogen-bond acceptors (Lipinski definition) is 7. The molecule has 3 atom stereocenters. The number of carbonyl (C=O) groups excluding carboxylic acids is 3. The van der Waals surface area contributed by atoms with Crippen molar-refractivity contribution in [3.8, 4) is 0 Å². The maximum absolute atomic E-state index is 12.0. The first-order valence-corrected chi connectivity index (χ1v) is 8.10. The second kappa shape index (κ2) is 7.92. The fraction of sp³-hybridized carbons (Fsp3) is 0.667. The highest BCUT2D eigenvalue weighted by Crippen LogP contribution is 2.31. The fourth-order valence-corrected chi connectivity index (χ4v) is 1.29. The largest absolute Gasteiger partial charge is 0.477 e. The Morgan fingerprint density at radius 1 is 0.640 bits per heavy atom. The number of carboxylic acids is 1. The number of alkyl halides is 5. The molecule has 13 heteroatoms. The third-order valence-electron chi connectivity index (χ3n) is 2.32. The predicted molar refractivity (Wildman–Crippen MR) is 88.8 cm³/mol. The topological polar surface area (TPSA) is 116 Å². The molecule has 144 valence electrons. The zero-order chi connectivity index (χ0) is 20.4. The Bertz CT molecular complexity index is 579. The van der Waals surface area contributed by atoms with E-state index in [-0.39, 0.29) is 0 Å². The number of aliphatic carboxylic acids is 1. The Labute approximate surface area is 167 Å². The van der Waals surface area contributed by atoms with Crippen LogP contribution in [0.15, 0.2) is 0 Å². The molecule has 3 unspecified atom stereocenters. The molecule has 0 rings (SSSR count). The zero-order valence-electron chi connectivity index (χ0n) is 13.2. The molecule has 1 N–H and O–H groups in total. The van der Waals surface area contributed by atoms with Crippen molar-refractivity contribution in [1.29, 1.82) is 0 Å². The standard InChI is InChI=1S/C12H13Cl5O8/c1-9(13,14)6(20)23-11(3,16)8(22)25-12(4,17)7(21)24-10(2,15)5(18)19/h1-4H3,(H,18,19). The lowest BCUT2D eigenvalue weighted by atomic mass is 10.3. The van der Waals surface area contributed by atoms with Gasteiger partial charge in [0.05, 0.1) is 0 Å². The van der Waals surface area contributed by atoms with E-state index < -0.39 is 43.4 Å². The molecule has 0 radical (unpaired) electrons.